The Kier molecular flexibility index (Phi) is 2.98. The molecule has 1 rings (SSSR count). The molecule has 0 nitrogen and oxygen atoms in total. The highest BCUT2D eigenvalue weighted by Gasteiger charge is 2.12. The van der Waals surface area contributed by atoms with Crippen molar-refractivity contribution in [1.29, 1.82) is 0 Å². The van der Waals surface area contributed by atoms with Gasteiger partial charge < -0.3 is 0 Å². The first kappa shape index (κ1) is 7.84. The van der Waals surface area contributed by atoms with Crippen LogP contribution in [-0.2, 0) is 0 Å². The van der Waals surface area contributed by atoms with E-state index in [-0.39, 0.29) is 0 Å². The van der Waals surface area contributed by atoms with Crippen LogP contribution in [0.1, 0.15) is 32.6 Å². The Morgan fingerprint density at radius 1 is 1.30 bits per heavy atom. The number of hydrogen-bond donors (Lipinski definition) is 0. The van der Waals surface area contributed by atoms with Gasteiger partial charge in [-0.2, -0.15) is 0 Å². The number of rotatable bonds is 1. The molecule has 0 heterocycles. The third-order valence-electron chi connectivity index (χ3n) is 2.38. The fraction of sp³-hybridized carbons (Fsp3) is 0.700. The average Bonchev–Trinajstić information content (AvgIpc) is 2.12. The summed E-state index contributed by atoms with van der Waals surface area (Å²) in [7, 11) is 0. The molecule has 0 saturated carbocycles. The van der Waals surface area contributed by atoms with Gasteiger partial charge in [0, 0.05) is 0 Å². The molecule has 0 aromatic rings. The molecule has 0 fully saturated rings. The molecule has 0 bridgehead atoms. The second-order valence-electron chi connectivity index (χ2n) is 3.36. The molecule has 0 N–H and O–H groups in total. The molecule has 1 atom stereocenters. The molecule has 1 radical (unpaired) electrons. The van der Waals surface area contributed by atoms with Crippen LogP contribution >= 0.6 is 0 Å². The third-order valence-corrected chi connectivity index (χ3v) is 2.38. The first-order chi connectivity index (χ1) is 4.80. The molecule has 1 aliphatic rings. The fourth-order valence-corrected chi connectivity index (χ4v) is 1.57. The molecule has 0 spiro atoms. The second kappa shape index (κ2) is 3.80. The molecule has 0 heteroatoms. The van der Waals surface area contributed by atoms with E-state index in [0.717, 1.165) is 5.92 Å². The highest BCUT2D eigenvalue weighted by molar-refractivity contribution is 4.88. The number of allylic oxidation sites excluding steroid dienone is 2. The van der Waals surface area contributed by atoms with Crippen LogP contribution in [0.25, 0.3) is 0 Å². The Balaban J connectivity index is 2.34. The van der Waals surface area contributed by atoms with Gasteiger partial charge in [-0.1, -0.05) is 26.0 Å². The van der Waals surface area contributed by atoms with Crippen molar-refractivity contribution in [3.63, 3.8) is 0 Å². The van der Waals surface area contributed by atoms with Crippen molar-refractivity contribution in [1.82, 2.24) is 0 Å². The van der Waals surface area contributed by atoms with Crippen LogP contribution in [0.15, 0.2) is 12.2 Å². The average molecular weight is 137 g/mol. The summed E-state index contributed by atoms with van der Waals surface area (Å²) in [5.41, 5.74) is 0. The van der Waals surface area contributed by atoms with Gasteiger partial charge in [0.05, 0.1) is 0 Å². The molecular formula is C10H17. The molecule has 57 valence electrons. The van der Waals surface area contributed by atoms with Gasteiger partial charge in [-0.3, -0.25) is 0 Å². The Morgan fingerprint density at radius 3 is 2.20 bits per heavy atom. The van der Waals surface area contributed by atoms with Gasteiger partial charge in [-0.05, 0) is 37.5 Å². The normalized spacial score (nSPS) is 21.5. The minimum atomic E-state index is 0.639. The van der Waals surface area contributed by atoms with Crippen LogP contribution in [-0.4, -0.2) is 0 Å². The molecule has 0 saturated heterocycles. The summed E-state index contributed by atoms with van der Waals surface area (Å²) in [5.74, 6) is 1.51. The minimum absolute atomic E-state index is 0.639. The Bertz CT molecular complexity index is 101. The van der Waals surface area contributed by atoms with Gasteiger partial charge in [-0.25, -0.2) is 0 Å². The monoisotopic (exact) mass is 137 g/mol. The summed E-state index contributed by atoms with van der Waals surface area (Å²) >= 11 is 0. The fourth-order valence-electron chi connectivity index (χ4n) is 1.57. The maximum atomic E-state index is 4.08. The van der Waals surface area contributed by atoms with Crippen LogP contribution in [0.2, 0.25) is 0 Å². The predicted molar refractivity (Wildman–Crippen MR) is 45.6 cm³/mol. The summed E-state index contributed by atoms with van der Waals surface area (Å²) in [4.78, 5) is 0. The van der Waals surface area contributed by atoms with E-state index in [1.807, 2.05) is 0 Å². The van der Waals surface area contributed by atoms with Crippen LogP contribution in [0.4, 0.5) is 0 Å². The topological polar surface area (TPSA) is 0 Å². The van der Waals surface area contributed by atoms with Gasteiger partial charge >= 0.3 is 0 Å². The Morgan fingerprint density at radius 2 is 1.80 bits per heavy atom. The second-order valence-corrected chi connectivity index (χ2v) is 3.36. The van der Waals surface area contributed by atoms with E-state index in [2.05, 4.69) is 26.0 Å². The summed E-state index contributed by atoms with van der Waals surface area (Å²) in [6.45, 7) is 6.31. The Labute approximate surface area is 64.3 Å². The van der Waals surface area contributed by atoms with E-state index in [4.69, 9.17) is 0 Å². The first-order valence-corrected chi connectivity index (χ1v) is 4.29. The van der Waals surface area contributed by atoms with Crippen molar-refractivity contribution < 1.29 is 0 Å². The summed E-state index contributed by atoms with van der Waals surface area (Å²) in [5, 5.41) is 0. The van der Waals surface area contributed by atoms with Crippen LogP contribution in [0.3, 0.4) is 0 Å². The highest BCUT2D eigenvalue weighted by atomic mass is 14.2. The maximum Gasteiger partial charge on any atom is -0.0348 e. The van der Waals surface area contributed by atoms with E-state index >= 15 is 0 Å². The molecule has 1 unspecified atom stereocenters. The first-order valence-electron chi connectivity index (χ1n) is 4.29. The predicted octanol–water partition coefficient (Wildman–Crippen LogP) is 3.20. The largest absolute Gasteiger partial charge is 0.0885 e. The number of hydrogen-bond acceptors (Lipinski definition) is 0. The third kappa shape index (κ3) is 2.17. The lowest BCUT2D eigenvalue weighted by Crippen LogP contribution is -2.06. The maximum absolute atomic E-state index is 4.08. The molecule has 1 aliphatic carbocycles. The SMILES string of the molecule is [CH2]C(C)C1CCC=CCC1. The van der Waals surface area contributed by atoms with E-state index in [0.29, 0.717) is 5.92 Å². The lowest BCUT2D eigenvalue weighted by molar-refractivity contribution is 0.375. The zero-order valence-electron chi connectivity index (χ0n) is 6.84. The smallest absolute Gasteiger partial charge is 0.0348 e. The highest BCUT2D eigenvalue weighted by Crippen LogP contribution is 2.24. The van der Waals surface area contributed by atoms with Crippen molar-refractivity contribution in [2.45, 2.75) is 32.6 Å². The molecule has 0 aromatic carbocycles. The molecular weight excluding hydrogens is 120 g/mol. The van der Waals surface area contributed by atoms with Crippen molar-refractivity contribution >= 4 is 0 Å². The van der Waals surface area contributed by atoms with Gasteiger partial charge in [-0.15, -0.1) is 0 Å². The quantitative estimate of drug-likeness (QED) is 0.487. The zero-order chi connectivity index (χ0) is 7.40. The van der Waals surface area contributed by atoms with E-state index in [1.165, 1.54) is 25.7 Å². The summed E-state index contributed by atoms with van der Waals surface area (Å²) in [6.07, 6.45) is 9.85. The van der Waals surface area contributed by atoms with E-state index < -0.39 is 0 Å². The Hall–Kier alpha value is -0.260. The van der Waals surface area contributed by atoms with Crippen molar-refractivity contribution in [2.24, 2.45) is 11.8 Å². The molecule has 0 amide bonds. The van der Waals surface area contributed by atoms with Crippen molar-refractivity contribution in [2.75, 3.05) is 0 Å². The van der Waals surface area contributed by atoms with Gasteiger partial charge in [0.15, 0.2) is 0 Å². The van der Waals surface area contributed by atoms with Crippen LogP contribution < -0.4 is 0 Å². The van der Waals surface area contributed by atoms with E-state index in [1.54, 1.807) is 0 Å². The van der Waals surface area contributed by atoms with Gasteiger partial charge in [0.1, 0.15) is 0 Å². The van der Waals surface area contributed by atoms with Crippen LogP contribution in [0, 0.1) is 18.8 Å². The van der Waals surface area contributed by atoms with Crippen molar-refractivity contribution in [3.8, 4) is 0 Å². The van der Waals surface area contributed by atoms with E-state index in [9.17, 15) is 0 Å². The molecule has 0 aromatic heterocycles. The van der Waals surface area contributed by atoms with Gasteiger partial charge in [0.25, 0.3) is 0 Å². The summed E-state index contributed by atoms with van der Waals surface area (Å²) in [6, 6.07) is 0. The van der Waals surface area contributed by atoms with Gasteiger partial charge in [0.2, 0.25) is 0 Å². The lowest BCUT2D eigenvalue weighted by atomic mass is 9.89. The molecule has 10 heavy (non-hydrogen) atoms. The van der Waals surface area contributed by atoms with Crippen molar-refractivity contribution in [3.05, 3.63) is 19.1 Å². The minimum Gasteiger partial charge on any atom is -0.0885 e. The lowest BCUT2D eigenvalue weighted by Gasteiger charge is -2.17. The zero-order valence-corrected chi connectivity index (χ0v) is 6.84. The van der Waals surface area contributed by atoms with Crippen LogP contribution in [0.5, 0.6) is 0 Å². The standard InChI is InChI=1S/C10H17/c1-9(2)10-7-5-3-4-6-8-10/h3-4,9-10H,1,5-8H2,2H3. The summed E-state index contributed by atoms with van der Waals surface area (Å²) < 4.78 is 0. The molecule has 0 aliphatic heterocycles.